The number of aromatic amines is 1. The molecule has 2 amide bonds. The van der Waals surface area contributed by atoms with E-state index in [-0.39, 0.29) is 28.6 Å². The lowest BCUT2D eigenvalue weighted by Crippen LogP contribution is -2.50. The molecule has 3 heterocycles. The van der Waals surface area contributed by atoms with E-state index in [1.807, 2.05) is 37.3 Å². The minimum atomic E-state index is -0.259. The zero-order chi connectivity index (χ0) is 25.9. The molecule has 1 fully saturated rings. The molecule has 0 aliphatic carbocycles. The third-order valence-corrected chi connectivity index (χ3v) is 7.47. The Morgan fingerprint density at radius 2 is 1.97 bits per heavy atom. The topological polar surface area (TPSA) is 117 Å². The number of nitrogens with zero attached hydrogens (tertiary/aromatic N) is 3. The molecular weight excluding hydrogens is 490 g/mol. The molecule has 190 valence electrons. The summed E-state index contributed by atoms with van der Waals surface area (Å²) in [6, 6.07) is 16.8. The molecule has 1 aliphatic rings. The second kappa shape index (κ2) is 10.5. The highest BCUT2D eigenvalue weighted by Crippen LogP contribution is 2.28. The van der Waals surface area contributed by atoms with E-state index in [1.165, 1.54) is 6.92 Å². The smallest absolute Gasteiger partial charge is 0.322 e. The maximum Gasteiger partial charge on any atom is 0.322 e. The summed E-state index contributed by atoms with van der Waals surface area (Å²) in [4.78, 5) is 42.7. The molecule has 0 radical (unpaired) electrons. The van der Waals surface area contributed by atoms with Crippen molar-refractivity contribution in [2.24, 2.45) is 0 Å². The minimum absolute atomic E-state index is 0.0387. The summed E-state index contributed by atoms with van der Waals surface area (Å²) >= 11 is 1.01. The number of benzene rings is 2. The zero-order valence-corrected chi connectivity index (χ0v) is 21.4. The van der Waals surface area contributed by atoms with Crippen molar-refractivity contribution in [2.75, 3.05) is 13.1 Å². The second-order valence-corrected chi connectivity index (χ2v) is 10.1. The Hall–Kier alpha value is -4.05. The van der Waals surface area contributed by atoms with Crippen LogP contribution in [0.15, 0.2) is 59.4 Å². The third-order valence-electron chi connectivity index (χ3n) is 6.59. The lowest BCUT2D eigenvalue weighted by atomic mass is 9.92. The first-order valence-corrected chi connectivity index (χ1v) is 12.9. The highest BCUT2D eigenvalue weighted by atomic mass is 32.1. The van der Waals surface area contributed by atoms with Crippen LogP contribution in [-0.4, -0.2) is 51.0 Å². The Morgan fingerprint density at radius 1 is 1.19 bits per heavy atom. The molecule has 9 nitrogen and oxygen atoms in total. The highest BCUT2D eigenvalue weighted by molar-refractivity contribution is 7.08. The molecule has 2 aromatic heterocycles. The lowest BCUT2D eigenvalue weighted by Gasteiger charge is -2.37. The first kappa shape index (κ1) is 24.6. The van der Waals surface area contributed by atoms with E-state index < -0.39 is 0 Å². The number of fused-ring (bicyclic) bond motifs is 1. The average molecular weight is 518 g/mol. The maximum absolute atomic E-state index is 13.1. The van der Waals surface area contributed by atoms with Gasteiger partial charge in [-0.05, 0) is 49.7 Å². The Balaban J connectivity index is 1.25. The largest absolute Gasteiger partial charge is 0.489 e. The molecule has 2 aromatic carbocycles. The predicted octanol–water partition coefficient (Wildman–Crippen LogP) is 3.40. The number of ether oxygens (including phenoxy) is 1. The summed E-state index contributed by atoms with van der Waals surface area (Å²) in [6.45, 7) is 4.80. The van der Waals surface area contributed by atoms with Crippen LogP contribution in [0.2, 0.25) is 0 Å². The van der Waals surface area contributed by atoms with Gasteiger partial charge in [0.05, 0.1) is 11.4 Å². The van der Waals surface area contributed by atoms with Crippen molar-refractivity contribution in [1.82, 2.24) is 25.4 Å². The van der Waals surface area contributed by atoms with Crippen LogP contribution >= 0.6 is 11.3 Å². The van der Waals surface area contributed by atoms with Gasteiger partial charge in [-0.25, -0.2) is 5.10 Å². The number of nitrogens with one attached hydrogen (secondary N) is 2. The van der Waals surface area contributed by atoms with Crippen LogP contribution in [0.4, 0.5) is 0 Å². The second-order valence-electron chi connectivity index (χ2n) is 9.14. The summed E-state index contributed by atoms with van der Waals surface area (Å²) in [6.07, 6.45) is 0.574. The number of carbonyl (C=O) groups is 2. The van der Waals surface area contributed by atoms with E-state index in [4.69, 9.17) is 4.74 Å². The van der Waals surface area contributed by atoms with Crippen LogP contribution in [0.3, 0.4) is 0 Å². The molecule has 1 aliphatic heterocycles. The Bertz CT molecular complexity index is 1500. The van der Waals surface area contributed by atoms with Crippen LogP contribution < -0.4 is 14.9 Å². The number of H-pyrrole nitrogens is 1. The normalized spacial score (nSPS) is 17.5. The van der Waals surface area contributed by atoms with E-state index in [0.717, 1.165) is 33.5 Å². The number of hydrogen-bond donors (Lipinski definition) is 2. The van der Waals surface area contributed by atoms with Crippen LogP contribution in [0, 0.1) is 6.92 Å². The number of pyridine rings is 1. The molecule has 0 bridgehead atoms. The SMILES string of the molecule is CC(=O)N1CC[C@@H](NC(=O)c2ccc(OCc3cc(C)nc4ccccc34)cc2)[C@@H](c2n[nH]c(=O)s2)C1. The summed E-state index contributed by atoms with van der Waals surface area (Å²) in [5.74, 6) is 0.135. The standard InChI is InChI=1S/C27H27N5O4S/c1-16-13-19(21-5-3-4-6-23(21)28-16)15-36-20-9-7-18(8-10-20)25(34)29-24-11-12-32(17(2)33)14-22(24)26-30-31-27(35)37-26/h3-10,13,22,24H,11-12,14-15H2,1-2H3,(H,29,34)(H,31,35)/t22-,24+/m0/s1. The van der Waals surface area contributed by atoms with Crippen molar-refractivity contribution >= 4 is 34.1 Å². The predicted molar refractivity (Wildman–Crippen MR) is 141 cm³/mol. The van der Waals surface area contributed by atoms with Crippen LogP contribution in [0.1, 0.15) is 45.9 Å². The molecule has 2 N–H and O–H groups in total. The fourth-order valence-corrected chi connectivity index (χ4v) is 5.45. The van der Waals surface area contributed by atoms with Crippen molar-refractivity contribution in [3.63, 3.8) is 0 Å². The molecule has 0 spiro atoms. The van der Waals surface area contributed by atoms with Gasteiger partial charge in [-0.1, -0.05) is 29.5 Å². The van der Waals surface area contributed by atoms with Crippen molar-refractivity contribution in [1.29, 1.82) is 0 Å². The number of amides is 2. The molecule has 4 aromatic rings. The van der Waals surface area contributed by atoms with Gasteiger partial charge in [0.1, 0.15) is 17.4 Å². The van der Waals surface area contributed by atoms with Gasteiger partial charge >= 0.3 is 4.87 Å². The number of likely N-dealkylation sites (tertiary alicyclic amines) is 1. The minimum Gasteiger partial charge on any atom is -0.489 e. The summed E-state index contributed by atoms with van der Waals surface area (Å²) in [5.41, 5.74) is 3.41. The summed E-state index contributed by atoms with van der Waals surface area (Å²) in [5, 5.41) is 11.3. The number of carbonyl (C=O) groups excluding carboxylic acids is 2. The van der Waals surface area contributed by atoms with Gasteiger partial charge in [-0.3, -0.25) is 19.4 Å². The van der Waals surface area contributed by atoms with Gasteiger partial charge in [0, 0.05) is 48.3 Å². The van der Waals surface area contributed by atoms with Gasteiger partial charge in [0.25, 0.3) is 5.91 Å². The number of hydrogen-bond acceptors (Lipinski definition) is 7. The van der Waals surface area contributed by atoms with Crippen molar-refractivity contribution < 1.29 is 14.3 Å². The number of aromatic nitrogens is 3. The first-order valence-electron chi connectivity index (χ1n) is 12.1. The van der Waals surface area contributed by atoms with Gasteiger partial charge in [-0.15, -0.1) is 0 Å². The van der Waals surface area contributed by atoms with Crippen molar-refractivity contribution in [2.45, 2.75) is 38.8 Å². The van der Waals surface area contributed by atoms with Crippen LogP contribution in [-0.2, 0) is 11.4 Å². The van der Waals surface area contributed by atoms with E-state index in [1.54, 1.807) is 29.2 Å². The van der Waals surface area contributed by atoms with Crippen LogP contribution in [0.25, 0.3) is 10.9 Å². The molecule has 5 rings (SSSR count). The summed E-state index contributed by atoms with van der Waals surface area (Å²) in [7, 11) is 0. The summed E-state index contributed by atoms with van der Waals surface area (Å²) < 4.78 is 6.01. The first-order chi connectivity index (χ1) is 17.9. The molecule has 10 heteroatoms. The third kappa shape index (κ3) is 5.54. The molecule has 0 saturated carbocycles. The van der Waals surface area contributed by atoms with Crippen molar-refractivity contribution in [3.8, 4) is 5.75 Å². The van der Waals surface area contributed by atoms with Crippen LogP contribution in [0.5, 0.6) is 5.75 Å². The number of rotatable bonds is 6. The number of aryl methyl sites for hydroxylation is 1. The van der Waals surface area contributed by atoms with Gasteiger partial charge in [0.2, 0.25) is 5.91 Å². The Morgan fingerprint density at radius 3 is 2.70 bits per heavy atom. The maximum atomic E-state index is 13.1. The van der Waals surface area contributed by atoms with E-state index in [2.05, 4.69) is 20.5 Å². The lowest BCUT2D eigenvalue weighted by molar-refractivity contribution is -0.130. The van der Waals surface area contributed by atoms with E-state index in [9.17, 15) is 14.4 Å². The van der Waals surface area contributed by atoms with E-state index >= 15 is 0 Å². The fourth-order valence-electron chi connectivity index (χ4n) is 4.69. The van der Waals surface area contributed by atoms with Gasteiger partial charge in [0.15, 0.2) is 0 Å². The highest BCUT2D eigenvalue weighted by Gasteiger charge is 2.34. The molecule has 0 unspecified atom stereocenters. The average Bonchev–Trinajstić information content (AvgIpc) is 3.33. The monoisotopic (exact) mass is 517 g/mol. The van der Waals surface area contributed by atoms with Crippen molar-refractivity contribution in [3.05, 3.63) is 86.1 Å². The zero-order valence-electron chi connectivity index (χ0n) is 20.6. The number of para-hydroxylation sites is 1. The Kier molecular flexibility index (Phi) is 7.00. The quantitative estimate of drug-likeness (QED) is 0.405. The number of piperidine rings is 1. The molecular formula is C27H27N5O4S. The fraction of sp³-hybridized carbons (Fsp3) is 0.296. The van der Waals surface area contributed by atoms with Gasteiger partial charge < -0.3 is 15.0 Å². The van der Waals surface area contributed by atoms with Gasteiger partial charge in [-0.2, -0.15) is 5.10 Å². The Labute approximate surface area is 217 Å². The molecule has 37 heavy (non-hydrogen) atoms. The van der Waals surface area contributed by atoms with E-state index in [0.29, 0.717) is 42.4 Å². The molecule has 2 atom stereocenters. The molecule has 1 saturated heterocycles.